The number of nitrogens with two attached hydrogens (primary N) is 1. The lowest BCUT2D eigenvalue weighted by Gasteiger charge is -2.14. The summed E-state index contributed by atoms with van der Waals surface area (Å²) in [4.78, 5) is 0. The molecule has 0 aliphatic rings. The van der Waals surface area contributed by atoms with Crippen molar-refractivity contribution >= 4 is 15.9 Å². The van der Waals surface area contributed by atoms with Gasteiger partial charge in [-0.1, -0.05) is 6.07 Å². The van der Waals surface area contributed by atoms with Gasteiger partial charge in [0.05, 0.1) is 10.9 Å². The van der Waals surface area contributed by atoms with Gasteiger partial charge in [0.15, 0.2) is 0 Å². The summed E-state index contributed by atoms with van der Waals surface area (Å²) in [5.41, 5.74) is 5.43. The molecule has 1 aromatic rings. The molecule has 0 unspecified atom stereocenters. The Kier molecular flexibility index (Phi) is 3.72. The Bertz CT molecular complexity index is 350. The molecule has 0 heterocycles. The minimum absolute atomic E-state index is 0.132. The van der Waals surface area contributed by atoms with Crippen LogP contribution < -0.4 is 5.73 Å². The summed E-state index contributed by atoms with van der Waals surface area (Å²) in [6.45, 7) is 0. The molecule has 0 fully saturated rings. The molecule has 0 spiro atoms. The molecule has 1 aromatic carbocycles. The van der Waals surface area contributed by atoms with E-state index in [0.29, 0.717) is 0 Å². The molecular formula is C9H8BrF4N. The topological polar surface area (TPSA) is 26.0 Å². The standard InChI is InChI=1S/C9H8BrF4N/c10-6-2-1-5(3-7(6)11)8(15)4-9(12,13)14/h1-3,8H,4,15H2/t8-/m1/s1. The van der Waals surface area contributed by atoms with E-state index >= 15 is 0 Å². The Labute approximate surface area is 92.4 Å². The highest BCUT2D eigenvalue weighted by atomic mass is 79.9. The SMILES string of the molecule is N[C@H](CC(F)(F)F)c1ccc(Br)c(F)c1. The Morgan fingerprint density at radius 3 is 2.40 bits per heavy atom. The van der Waals surface area contributed by atoms with E-state index < -0.39 is 24.5 Å². The van der Waals surface area contributed by atoms with Gasteiger partial charge in [0, 0.05) is 6.04 Å². The molecule has 2 N–H and O–H groups in total. The fraction of sp³-hybridized carbons (Fsp3) is 0.333. The van der Waals surface area contributed by atoms with E-state index in [1.807, 2.05) is 0 Å². The third kappa shape index (κ3) is 3.79. The molecule has 0 aromatic heterocycles. The van der Waals surface area contributed by atoms with Gasteiger partial charge in [0.25, 0.3) is 0 Å². The van der Waals surface area contributed by atoms with Crippen molar-refractivity contribution in [2.45, 2.75) is 18.6 Å². The van der Waals surface area contributed by atoms with Crippen LogP contribution >= 0.6 is 15.9 Å². The van der Waals surface area contributed by atoms with Crippen LogP contribution in [0.1, 0.15) is 18.0 Å². The Morgan fingerprint density at radius 2 is 1.93 bits per heavy atom. The monoisotopic (exact) mass is 285 g/mol. The second kappa shape index (κ2) is 4.49. The molecule has 0 bridgehead atoms. The minimum Gasteiger partial charge on any atom is -0.324 e. The Morgan fingerprint density at radius 1 is 1.33 bits per heavy atom. The van der Waals surface area contributed by atoms with Crippen molar-refractivity contribution in [3.05, 3.63) is 34.1 Å². The van der Waals surface area contributed by atoms with E-state index in [9.17, 15) is 17.6 Å². The fourth-order valence-electron chi connectivity index (χ4n) is 1.11. The van der Waals surface area contributed by atoms with Crippen LogP contribution in [0.4, 0.5) is 17.6 Å². The van der Waals surface area contributed by atoms with E-state index in [2.05, 4.69) is 15.9 Å². The van der Waals surface area contributed by atoms with Crippen molar-refractivity contribution in [1.29, 1.82) is 0 Å². The number of hydrogen-bond donors (Lipinski definition) is 1. The van der Waals surface area contributed by atoms with Crippen LogP contribution in [0.5, 0.6) is 0 Å². The average molecular weight is 286 g/mol. The highest BCUT2D eigenvalue weighted by Crippen LogP contribution is 2.29. The van der Waals surface area contributed by atoms with Crippen LogP contribution in [0.25, 0.3) is 0 Å². The third-order valence-electron chi connectivity index (χ3n) is 1.82. The number of benzene rings is 1. The summed E-state index contributed by atoms with van der Waals surface area (Å²) < 4.78 is 49.2. The molecule has 0 radical (unpaired) electrons. The van der Waals surface area contributed by atoms with Crippen LogP contribution in [0.3, 0.4) is 0 Å². The summed E-state index contributed by atoms with van der Waals surface area (Å²) in [6, 6.07) is 2.47. The number of hydrogen-bond acceptors (Lipinski definition) is 1. The molecule has 0 aliphatic heterocycles. The van der Waals surface area contributed by atoms with E-state index in [4.69, 9.17) is 5.73 Å². The predicted octanol–water partition coefficient (Wildman–Crippen LogP) is 3.54. The van der Waals surface area contributed by atoms with Gasteiger partial charge in [-0.15, -0.1) is 0 Å². The number of alkyl halides is 3. The molecule has 0 saturated carbocycles. The lowest BCUT2D eigenvalue weighted by atomic mass is 10.0. The van der Waals surface area contributed by atoms with Crippen LogP contribution in [-0.2, 0) is 0 Å². The minimum atomic E-state index is -4.34. The Hall–Kier alpha value is -0.620. The first-order valence-corrected chi connectivity index (χ1v) is 4.86. The predicted molar refractivity (Wildman–Crippen MR) is 51.7 cm³/mol. The third-order valence-corrected chi connectivity index (χ3v) is 2.47. The van der Waals surface area contributed by atoms with Crippen LogP contribution in [-0.4, -0.2) is 6.18 Å². The fourth-order valence-corrected chi connectivity index (χ4v) is 1.36. The number of halogens is 5. The lowest BCUT2D eigenvalue weighted by Crippen LogP contribution is -2.20. The zero-order valence-corrected chi connectivity index (χ0v) is 9.07. The van der Waals surface area contributed by atoms with E-state index in [0.717, 1.165) is 6.07 Å². The maximum atomic E-state index is 13.0. The molecule has 0 saturated heterocycles. The molecule has 84 valence electrons. The van der Waals surface area contributed by atoms with E-state index in [1.165, 1.54) is 12.1 Å². The van der Waals surface area contributed by atoms with E-state index in [-0.39, 0.29) is 10.0 Å². The van der Waals surface area contributed by atoms with Crippen molar-refractivity contribution in [1.82, 2.24) is 0 Å². The Balaban J connectivity index is 2.83. The van der Waals surface area contributed by atoms with E-state index in [1.54, 1.807) is 0 Å². The highest BCUT2D eigenvalue weighted by Gasteiger charge is 2.31. The smallest absolute Gasteiger partial charge is 0.324 e. The summed E-state index contributed by atoms with van der Waals surface area (Å²) in [5, 5.41) is 0. The normalized spacial score (nSPS) is 14.0. The molecule has 15 heavy (non-hydrogen) atoms. The van der Waals surface area contributed by atoms with Crippen LogP contribution in [0, 0.1) is 5.82 Å². The number of rotatable bonds is 2. The van der Waals surface area contributed by atoms with Gasteiger partial charge in [-0.2, -0.15) is 13.2 Å². The van der Waals surface area contributed by atoms with Gasteiger partial charge in [-0.05, 0) is 33.6 Å². The largest absolute Gasteiger partial charge is 0.390 e. The van der Waals surface area contributed by atoms with Crippen molar-refractivity contribution < 1.29 is 17.6 Å². The van der Waals surface area contributed by atoms with Gasteiger partial charge >= 0.3 is 6.18 Å². The quantitative estimate of drug-likeness (QED) is 0.827. The van der Waals surface area contributed by atoms with Gasteiger partial charge in [0.1, 0.15) is 5.82 Å². The molecule has 6 heteroatoms. The van der Waals surface area contributed by atoms with Gasteiger partial charge in [0.2, 0.25) is 0 Å². The highest BCUT2D eigenvalue weighted by molar-refractivity contribution is 9.10. The average Bonchev–Trinajstić information content (AvgIpc) is 2.06. The second-order valence-corrected chi connectivity index (χ2v) is 3.95. The zero-order valence-electron chi connectivity index (χ0n) is 7.48. The summed E-state index contributed by atoms with van der Waals surface area (Å²) in [7, 11) is 0. The van der Waals surface area contributed by atoms with Gasteiger partial charge < -0.3 is 5.73 Å². The zero-order chi connectivity index (χ0) is 11.6. The maximum absolute atomic E-state index is 13.0. The van der Waals surface area contributed by atoms with Crippen LogP contribution in [0.15, 0.2) is 22.7 Å². The molecule has 1 rings (SSSR count). The van der Waals surface area contributed by atoms with Crippen molar-refractivity contribution in [2.24, 2.45) is 5.73 Å². The molecular weight excluding hydrogens is 278 g/mol. The summed E-state index contributed by atoms with van der Waals surface area (Å²) >= 11 is 2.90. The van der Waals surface area contributed by atoms with Crippen LogP contribution in [0.2, 0.25) is 0 Å². The van der Waals surface area contributed by atoms with Crippen molar-refractivity contribution in [2.75, 3.05) is 0 Å². The first kappa shape index (κ1) is 12.4. The van der Waals surface area contributed by atoms with Crippen molar-refractivity contribution in [3.63, 3.8) is 0 Å². The molecule has 1 atom stereocenters. The molecule has 0 aliphatic carbocycles. The molecule has 1 nitrogen and oxygen atoms in total. The van der Waals surface area contributed by atoms with Crippen molar-refractivity contribution in [3.8, 4) is 0 Å². The first-order valence-electron chi connectivity index (χ1n) is 4.07. The maximum Gasteiger partial charge on any atom is 0.390 e. The molecule has 0 amide bonds. The first-order chi connectivity index (χ1) is 6.79. The summed E-state index contributed by atoms with van der Waals surface area (Å²) in [6.07, 6.45) is -5.50. The second-order valence-electron chi connectivity index (χ2n) is 3.10. The van der Waals surface area contributed by atoms with Gasteiger partial charge in [-0.25, -0.2) is 4.39 Å². The van der Waals surface area contributed by atoms with Gasteiger partial charge in [-0.3, -0.25) is 0 Å². The summed E-state index contributed by atoms with van der Waals surface area (Å²) in [5.74, 6) is -0.620. The lowest BCUT2D eigenvalue weighted by molar-refractivity contribution is -0.138.